The van der Waals surface area contributed by atoms with Crippen molar-refractivity contribution in [3.63, 3.8) is 0 Å². The molecule has 0 aliphatic rings. The van der Waals surface area contributed by atoms with Crippen molar-refractivity contribution in [2.75, 3.05) is 55.4 Å². The lowest BCUT2D eigenvalue weighted by atomic mass is 10.1. The van der Waals surface area contributed by atoms with Crippen LogP contribution in [0.25, 0.3) is 0 Å². The molecule has 13 N–H and O–H groups in total. The first-order chi connectivity index (χ1) is 51.5. The van der Waals surface area contributed by atoms with Gasteiger partial charge in [-0.1, -0.05) is 72.8 Å². The number of aromatic carboxylic acids is 1. The topological polar surface area (TPSA) is 386 Å². The molecule has 0 saturated heterocycles. The molecule has 9 aromatic rings. The quantitative estimate of drug-likeness (QED) is 0.0180. The molecule has 0 aromatic heterocycles. The van der Waals surface area contributed by atoms with Crippen LogP contribution in [-0.4, -0.2) is 105 Å². The highest BCUT2D eigenvalue weighted by molar-refractivity contribution is 6.28. The molecule has 0 radical (unpaired) electrons. The number of rotatable bonds is 31. The smallest absolute Gasteiger partial charge is 0.335 e. The van der Waals surface area contributed by atoms with Gasteiger partial charge in [0.05, 0.1) is 5.56 Å². The lowest BCUT2D eigenvalue weighted by Crippen LogP contribution is -2.24. The number of alkyl halides is 4. The van der Waals surface area contributed by atoms with Gasteiger partial charge in [0.15, 0.2) is 0 Å². The molecular weight excluding hydrogens is 1460 g/mol. The van der Waals surface area contributed by atoms with Crippen LogP contribution in [-0.2, 0) is 58.4 Å². The van der Waals surface area contributed by atoms with E-state index >= 15 is 0 Å². The van der Waals surface area contributed by atoms with Gasteiger partial charge in [-0.25, -0.2) is 4.79 Å². The van der Waals surface area contributed by atoms with E-state index in [1.807, 2.05) is 0 Å². The summed E-state index contributed by atoms with van der Waals surface area (Å²) in [5.41, 5.74) is 5.60. The number of anilines is 6. The van der Waals surface area contributed by atoms with Crippen molar-refractivity contribution < 1.29 is 67.4 Å². The Hall–Kier alpha value is -12.8. The van der Waals surface area contributed by atoms with E-state index in [1.165, 1.54) is 78.9 Å². The van der Waals surface area contributed by atoms with Gasteiger partial charge < -0.3 is 68.9 Å². The number of hydrogen-bond acceptors (Lipinski definition) is 13. The van der Waals surface area contributed by atoms with Gasteiger partial charge in [-0.05, 0) is 161 Å². The van der Waals surface area contributed by atoms with Crippen molar-refractivity contribution in [1.29, 1.82) is 0 Å². The van der Waals surface area contributed by atoms with Gasteiger partial charge in [0.2, 0.25) is 23.6 Å². The summed E-state index contributed by atoms with van der Waals surface area (Å²) in [5.74, 6) is -8.40. The second-order valence-corrected chi connectivity index (χ2v) is 24.7. The Morgan fingerprint density at radius 1 is 0.215 bits per heavy atom. The Labute approximate surface area is 631 Å². The van der Waals surface area contributed by atoms with Crippen molar-refractivity contribution in [3.8, 4) is 0 Å². The zero-order valence-electron chi connectivity index (χ0n) is 56.4. The van der Waals surface area contributed by atoms with E-state index < -0.39 is 53.2 Å². The molecule has 30 heteroatoms. The highest BCUT2D eigenvalue weighted by Crippen LogP contribution is 2.26. The number of amides is 12. The van der Waals surface area contributed by atoms with Gasteiger partial charge in [-0.3, -0.25) is 57.5 Å². The summed E-state index contributed by atoms with van der Waals surface area (Å²) in [6.07, 6.45) is 0. The predicted octanol–water partition coefficient (Wildman–Crippen LogP) is 10.2. The Morgan fingerprint density at radius 2 is 0.383 bits per heavy atom. The second kappa shape index (κ2) is 38.1. The number of halogens is 4. The molecule has 0 unspecified atom stereocenters. The zero-order chi connectivity index (χ0) is 76.5. The monoisotopic (exact) mass is 1520 g/mol. The third kappa shape index (κ3) is 23.6. The molecule has 0 atom stereocenters. The Balaban J connectivity index is 0.817. The third-order valence-electron chi connectivity index (χ3n) is 15.8. The zero-order valence-corrected chi connectivity index (χ0v) is 59.4. The van der Waals surface area contributed by atoms with Gasteiger partial charge in [-0.15, -0.1) is 46.4 Å². The van der Waals surface area contributed by atoms with Gasteiger partial charge in [0.25, 0.3) is 47.3 Å². The van der Waals surface area contributed by atoms with Crippen LogP contribution in [0.5, 0.6) is 0 Å². The highest BCUT2D eigenvalue weighted by Gasteiger charge is 2.20. The second-order valence-electron chi connectivity index (χ2n) is 23.6. The Morgan fingerprint density at radius 3 is 0.551 bits per heavy atom. The van der Waals surface area contributed by atoms with E-state index in [2.05, 4.69) is 63.8 Å². The number of hydrogen-bond donors (Lipinski definition) is 13. The van der Waals surface area contributed by atoms with Crippen LogP contribution in [0, 0.1) is 0 Å². The number of carboxylic acids is 1. The summed E-state index contributed by atoms with van der Waals surface area (Å²) in [7, 11) is 0. The molecule has 0 fully saturated rings. The summed E-state index contributed by atoms with van der Waals surface area (Å²) in [4.78, 5) is 168. The first-order valence-electron chi connectivity index (χ1n) is 32.5. The SMILES string of the molecule is O=C(CCl)NCc1ccc(C(=O)Nc2cc(NC(=O)c3ccc(CNC(=O)CCl)cc3)cc(C(=O)NCc3ccc(C(=O)Nc4cc(NC(=O)c5ccc(CNC(=O)c6cc(NC(=O)c7ccc(CNC(=O)CCl)cc7)cc(NC(=O)c7ccc(CNC(=O)CCl)cc7)c6)cc5)cc(C(=O)O)c4)cc3)c2)cc1. The number of nitrogens with one attached hydrogen (secondary N) is 12. The van der Waals surface area contributed by atoms with Gasteiger partial charge in [-0.2, -0.15) is 0 Å². The van der Waals surface area contributed by atoms with Crippen LogP contribution in [0.1, 0.15) is 127 Å². The van der Waals surface area contributed by atoms with Crippen LogP contribution in [0.15, 0.2) is 200 Å². The van der Waals surface area contributed by atoms with Crippen molar-refractivity contribution in [1.82, 2.24) is 31.9 Å². The van der Waals surface area contributed by atoms with Crippen LogP contribution in [0.3, 0.4) is 0 Å². The van der Waals surface area contributed by atoms with Crippen molar-refractivity contribution in [3.05, 3.63) is 284 Å². The molecule has 0 saturated carbocycles. The molecule has 12 amide bonds. The van der Waals surface area contributed by atoms with Crippen molar-refractivity contribution in [2.45, 2.75) is 39.3 Å². The van der Waals surface area contributed by atoms with E-state index in [9.17, 15) is 67.4 Å². The highest BCUT2D eigenvalue weighted by atomic mass is 35.5. The maximum Gasteiger partial charge on any atom is 0.335 e. The maximum atomic E-state index is 13.9. The Bertz CT molecular complexity index is 4370. The van der Waals surface area contributed by atoms with Crippen LogP contribution >= 0.6 is 46.4 Å². The van der Waals surface area contributed by atoms with Crippen LogP contribution in [0.4, 0.5) is 34.1 Å². The largest absolute Gasteiger partial charge is 0.478 e. The fourth-order valence-electron chi connectivity index (χ4n) is 10.1. The summed E-state index contributed by atoms with van der Waals surface area (Å²) < 4.78 is 0. The minimum atomic E-state index is -1.36. The third-order valence-corrected chi connectivity index (χ3v) is 16.7. The summed E-state index contributed by atoms with van der Waals surface area (Å²) >= 11 is 22.3. The van der Waals surface area contributed by atoms with Crippen LogP contribution in [0.2, 0.25) is 0 Å². The Kier molecular flexibility index (Phi) is 27.9. The fraction of sp³-hybridized carbons (Fsp3) is 0.130. The minimum Gasteiger partial charge on any atom is -0.478 e. The number of carbonyl (C=O) groups is 13. The van der Waals surface area contributed by atoms with E-state index in [1.54, 1.807) is 121 Å². The molecule has 0 spiro atoms. The molecule has 0 aliphatic carbocycles. The molecular formula is C77H66Cl4N12O14. The number of benzene rings is 9. The molecule has 0 aliphatic heterocycles. The van der Waals surface area contributed by atoms with Crippen molar-refractivity contribution in [2.24, 2.45) is 0 Å². The van der Waals surface area contributed by atoms with Crippen molar-refractivity contribution >= 4 is 157 Å². The predicted molar refractivity (Wildman–Crippen MR) is 405 cm³/mol. The molecule has 9 aromatic carbocycles. The first kappa shape index (κ1) is 78.4. The molecule has 546 valence electrons. The van der Waals surface area contributed by atoms with E-state index in [0.717, 1.165) is 0 Å². The molecule has 0 heterocycles. The normalized spacial score (nSPS) is 10.6. The molecule has 0 bridgehead atoms. The molecule has 9 rings (SSSR count). The van der Waals surface area contributed by atoms with E-state index in [4.69, 9.17) is 46.4 Å². The number of carbonyl (C=O) groups excluding carboxylic acids is 12. The molecule has 107 heavy (non-hydrogen) atoms. The van der Waals surface area contributed by atoms with E-state index in [0.29, 0.717) is 33.4 Å². The average molecular weight is 1530 g/mol. The minimum absolute atomic E-state index is 0.0193. The fourth-order valence-corrected chi connectivity index (χ4v) is 10.5. The summed E-state index contributed by atoms with van der Waals surface area (Å²) in [6.45, 7) is 0.625. The maximum absolute atomic E-state index is 13.9. The van der Waals surface area contributed by atoms with Crippen LogP contribution < -0.4 is 63.8 Å². The van der Waals surface area contributed by atoms with E-state index in [-0.39, 0.29) is 171 Å². The van der Waals surface area contributed by atoms with Gasteiger partial charge in [0.1, 0.15) is 23.5 Å². The van der Waals surface area contributed by atoms with Gasteiger partial charge in [0, 0.05) is 118 Å². The summed E-state index contributed by atoms with van der Waals surface area (Å²) in [6, 6.07) is 50.1. The molecule has 26 nitrogen and oxygen atoms in total. The first-order valence-corrected chi connectivity index (χ1v) is 34.6. The average Bonchev–Trinajstić information content (AvgIpc) is 0.837. The van der Waals surface area contributed by atoms with Gasteiger partial charge >= 0.3 is 5.97 Å². The lowest BCUT2D eigenvalue weighted by Gasteiger charge is -2.14. The standard InChI is InChI=1S/C77H66Cl4N12O14/c78-34-65(94)82-38-44-1-13-50(14-2-44)71(100)88-59-25-56(26-60(31-59)89-72(101)51-15-3-45(4-16-51)39-83-66(95)35-79)69(98)86-42-48-9-21-54(22-10-48)75(104)92-63-29-58(77(106)107)30-64(33-63)93-76(105)55-23-11-49(12-24-55)43-87-70(99)57-27-61(90-73(102)52-17-5-46(6-18-52)40-84-67(96)36-80)32-62(28-57)91-74(103)53-19-7-47(8-20-53)41-85-68(97)37-81/h1-33H,34-43H2,(H,82,94)(H,83,95)(H,84,96)(H,85,97)(H,86,98)(H,87,99)(H,88,100)(H,89,101)(H,90,102)(H,91,103)(H,92,104)(H,93,105)(H,106,107). The summed E-state index contributed by atoms with van der Waals surface area (Å²) in [5, 5.41) is 42.6. The lowest BCUT2D eigenvalue weighted by molar-refractivity contribution is -0.119. The number of carboxylic acid groups (broad SMARTS) is 1.